The summed E-state index contributed by atoms with van der Waals surface area (Å²) in [5.41, 5.74) is 6.42. The number of nitrogens with one attached hydrogen (secondary N) is 2. The average Bonchev–Trinajstić information content (AvgIpc) is 3.47. The number of hydrogen-bond acceptors (Lipinski definition) is 6. The van der Waals surface area contributed by atoms with Gasteiger partial charge in [-0.05, 0) is 84.3 Å². The summed E-state index contributed by atoms with van der Waals surface area (Å²) < 4.78 is 22.7. The molecule has 0 bridgehead atoms. The number of H-pyrrole nitrogens is 1. The highest BCUT2D eigenvalue weighted by molar-refractivity contribution is 5.87. The molecule has 3 atom stereocenters. The first-order valence-electron chi connectivity index (χ1n) is 16.1. The summed E-state index contributed by atoms with van der Waals surface area (Å²) in [4.78, 5) is 20.4. The van der Waals surface area contributed by atoms with E-state index in [4.69, 9.17) is 18.9 Å². The smallest absolute Gasteiger partial charge is 0.242 e. The lowest BCUT2D eigenvalue weighted by Crippen LogP contribution is -2.43. The van der Waals surface area contributed by atoms with Gasteiger partial charge in [0.15, 0.2) is 23.0 Å². The molecule has 1 aliphatic heterocycles. The fourth-order valence-corrected chi connectivity index (χ4v) is 6.97. The van der Waals surface area contributed by atoms with Crippen molar-refractivity contribution < 1.29 is 23.7 Å². The third kappa shape index (κ3) is 6.51. The van der Waals surface area contributed by atoms with Crippen LogP contribution >= 0.6 is 0 Å². The Kier molecular flexibility index (Phi) is 9.68. The zero-order valence-electron chi connectivity index (χ0n) is 27.7. The van der Waals surface area contributed by atoms with E-state index in [0.29, 0.717) is 36.0 Å². The predicted octanol–water partition coefficient (Wildman–Crippen LogP) is 7.35. The zero-order valence-corrected chi connectivity index (χ0v) is 27.7. The number of para-hydroxylation sites is 1. The van der Waals surface area contributed by atoms with Crippen LogP contribution in [0.5, 0.6) is 23.0 Å². The largest absolute Gasteiger partial charge is 0.493 e. The van der Waals surface area contributed by atoms with Gasteiger partial charge in [-0.2, -0.15) is 0 Å². The molecule has 0 saturated heterocycles. The van der Waals surface area contributed by atoms with E-state index >= 15 is 0 Å². The molecule has 0 spiro atoms. The Bertz CT molecular complexity index is 1840. The van der Waals surface area contributed by atoms with Crippen molar-refractivity contribution in [3.8, 4) is 23.0 Å². The van der Waals surface area contributed by atoms with E-state index < -0.39 is 6.04 Å². The first-order valence-corrected chi connectivity index (χ1v) is 16.1. The van der Waals surface area contributed by atoms with Crippen molar-refractivity contribution in [1.82, 2.24) is 15.2 Å². The number of benzene rings is 4. The Morgan fingerprint density at radius 3 is 2.28 bits per heavy atom. The van der Waals surface area contributed by atoms with Crippen LogP contribution in [0.1, 0.15) is 59.3 Å². The van der Waals surface area contributed by atoms with Crippen molar-refractivity contribution in [2.45, 2.75) is 44.3 Å². The van der Waals surface area contributed by atoms with Gasteiger partial charge in [-0.15, -0.1) is 0 Å². The molecule has 4 aromatic carbocycles. The Morgan fingerprint density at radius 2 is 1.53 bits per heavy atom. The van der Waals surface area contributed by atoms with E-state index in [2.05, 4.69) is 57.7 Å². The van der Waals surface area contributed by atoms with Gasteiger partial charge in [0.05, 0.1) is 34.5 Å². The minimum atomic E-state index is -0.548. The fourth-order valence-electron chi connectivity index (χ4n) is 6.97. The van der Waals surface area contributed by atoms with Gasteiger partial charge in [0.25, 0.3) is 0 Å². The summed E-state index contributed by atoms with van der Waals surface area (Å²) in [7, 11) is 6.62. The molecule has 0 radical (unpaired) electrons. The second-order valence-electron chi connectivity index (χ2n) is 12.0. The van der Waals surface area contributed by atoms with Gasteiger partial charge in [0.2, 0.25) is 5.91 Å². The lowest BCUT2D eigenvalue weighted by molar-refractivity contribution is -0.128. The number of fused-ring (bicyclic) bond motifs is 2. The molecular formula is C39H43N3O5. The number of ether oxygens (including phenoxy) is 4. The highest BCUT2D eigenvalue weighted by atomic mass is 16.5. The van der Waals surface area contributed by atoms with Gasteiger partial charge in [-0.3, -0.25) is 9.69 Å². The van der Waals surface area contributed by atoms with E-state index in [0.717, 1.165) is 46.0 Å². The lowest BCUT2D eigenvalue weighted by Gasteiger charge is -2.38. The molecule has 8 nitrogen and oxygen atoms in total. The highest BCUT2D eigenvalue weighted by Gasteiger charge is 2.37. The zero-order chi connectivity index (χ0) is 32.9. The Morgan fingerprint density at radius 1 is 0.851 bits per heavy atom. The molecule has 3 unspecified atom stereocenters. The van der Waals surface area contributed by atoms with Crippen LogP contribution in [0.25, 0.3) is 10.9 Å². The number of hydrogen-bond donors (Lipinski definition) is 2. The number of amides is 1. The molecular weight excluding hydrogens is 590 g/mol. The SMILES string of the molecule is COc1ccc(CC2c3cc(OC)c(OC)cc3CCCN2C(C(=O)NC(C)c2c[nH]c3ccccc23)c2ccccc2)cc1OC. The van der Waals surface area contributed by atoms with Crippen LogP contribution in [0, 0.1) is 0 Å². The fraction of sp³-hybridized carbons (Fsp3) is 0.308. The van der Waals surface area contributed by atoms with Crippen LogP contribution in [-0.4, -0.2) is 50.8 Å². The Hall–Kier alpha value is -4.95. The van der Waals surface area contributed by atoms with E-state index in [1.807, 2.05) is 55.6 Å². The molecule has 0 aliphatic carbocycles. The molecule has 0 saturated carbocycles. The van der Waals surface area contributed by atoms with Crippen LogP contribution in [0.2, 0.25) is 0 Å². The standard InChI is InChI=1S/C39H43N3O5/c1-25(31-24-40-32-16-10-9-15-29(31)32)41-39(43)38(27-12-7-6-8-13-27)42-19-11-14-28-22-36(46-4)37(47-5)23-30(28)33(42)20-26-17-18-34(44-2)35(21-26)45-3/h6-10,12-13,15-18,21-25,33,38,40H,11,14,19-20H2,1-5H3,(H,41,43). The molecule has 2 N–H and O–H groups in total. The highest BCUT2D eigenvalue weighted by Crippen LogP contribution is 2.43. The molecule has 1 aromatic heterocycles. The quantitative estimate of drug-likeness (QED) is 0.158. The Labute approximate surface area is 276 Å². The molecule has 0 fully saturated rings. The first kappa shape index (κ1) is 32.0. The molecule has 8 heteroatoms. The normalized spacial score (nSPS) is 16.1. The number of methoxy groups -OCH3 is 4. The second-order valence-corrected chi connectivity index (χ2v) is 12.0. The van der Waals surface area contributed by atoms with Gasteiger partial charge in [0.1, 0.15) is 6.04 Å². The van der Waals surface area contributed by atoms with Crippen LogP contribution in [0.4, 0.5) is 0 Å². The number of carbonyl (C=O) groups excluding carboxylic acids is 1. The third-order valence-electron chi connectivity index (χ3n) is 9.29. The lowest BCUT2D eigenvalue weighted by atomic mass is 9.91. The van der Waals surface area contributed by atoms with Crippen LogP contribution in [0.3, 0.4) is 0 Å². The number of nitrogens with zero attached hydrogens (tertiary/aromatic N) is 1. The van der Waals surface area contributed by atoms with Gasteiger partial charge >= 0.3 is 0 Å². The summed E-state index contributed by atoms with van der Waals surface area (Å²) >= 11 is 0. The number of aromatic amines is 1. The van der Waals surface area contributed by atoms with Crippen LogP contribution < -0.4 is 24.3 Å². The monoisotopic (exact) mass is 633 g/mol. The molecule has 244 valence electrons. The summed E-state index contributed by atoms with van der Waals surface area (Å²) in [6.45, 7) is 2.76. The van der Waals surface area contributed by atoms with Crippen molar-refractivity contribution in [3.63, 3.8) is 0 Å². The topological polar surface area (TPSA) is 85.0 Å². The number of rotatable bonds is 11. The third-order valence-corrected chi connectivity index (χ3v) is 9.29. The van der Waals surface area contributed by atoms with Crippen molar-refractivity contribution in [1.29, 1.82) is 0 Å². The van der Waals surface area contributed by atoms with Crippen molar-refractivity contribution >= 4 is 16.8 Å². The van der Waals surface area contributed by atoms with Crippen LogP contribution in [0.15, 0.2) is 91.1 Å². The Balaban J connectivity index is 1.45. The van der Waals surface area contributed by atoms with Crippen LogP contribution in [-0.2, 0) is 17.6 Å². The molecule has 6 rings (SSSR count). The van der Waals surface area contributed by atoms with E-state index in [-0.39, 0.29) is 18.0 Å². The molecule has 5 aromatic rings. The second kappa shape index (κ2) is 14.2. The molecule has 1 amide bonds. The van der Waals surface area contributed by atoms with E-state index in [1.165, 1.54) is 5.56 Å². The predicted molar refractivity (Wildman–Crippen MR) is 185 cm³/mol. The number of aromatic nitrogens is 1. The summed E-state index contributed by atoms with van der Waals surface area (Å²) in [5, 5.41) is 4.50. The first-order chi connectivity index (χ1) is 22.9. The van der Waals surface area contributed by atoms with Crippen molar-refractivity contribution in [2.75, 3.05) is 35.0 Å². The van der Waals surface area contributed by atoms with Gasteiger partial charge in [0, 0.05) is 29.7 Å². The molecule has 1 aliphatic rings. The summed E-state index contributed by atoms with van der Waals surface area (Å²) in [6, 6.07) is 27.6. The number of aryl methyl sites for hydroxylation is 1. The van der Waals surface area contributed by atoms with E-state index in [9.17, 15) is 4.79 Å². The van der Waals surface area contributed by atoms with Gasteiger partial charge < -0.3 is 29.2 Å². The van der Waals surface area contributed by atoms with Gasteiger partial charge in [-0.25, -0.2) is 0 Å². The minimum absolute atomic E-state index is 0.0461. The number of carbonyl (C=O) groups is 1. The van der Waals surface area contributed by atoms with Crippen molar-refractivity contribution in [3.05, 3.63) is 119 Å². The summed E-state index contributed by atoms with van der Waals surface area (Å²) in [5.74, 6) is 2.67. The summed E-state index contributed by atoms with van der Waals surface area (Å²) in [6.07, 6.45) is 4.36. The maximum absolute atomic E-state index is 14.7. The molecule has 2 heterocycles. The average molecular weight is 634 g/mol. The van der Waals surface area contributed by atoms with Gasteiger partial charge in [-0.1, -0.05) is 54.6 Å². The molecule has 47 heavy (non-hydrogen) atoms. The maximum atomic E-state index is 14.7. The maximum Gasteiger partial charge on any atom is 0.242 e. The van der Waals surface area contributed by atoms with E-state index in [1.54, 1.807) is 28.4 Å². The van der Waals surface area contributed by atoms with Crippen molar-refractivity contribution in [2.24, 2.45) is 0 Å². The minimum Gasteiger partial charge on any atom is -0.493 e.